The van der Waals surface area contributed by atoms with E-state index in [-0.39, 0.29) is 11.8 Å². The summed E-state index contributed by atoms with van der Waals surface area (Å²) in [6.45, 7) is 4.09. The van der Waals surface area contributed by atoms with Crippen molar-refractivity contribution in [1.82, 2.24) is 25.2 Å². The van der Waals surface area contributed by atoms with Crippen molar-refractivity contribution in [3.63, 3.8) is 0 Å². The number of amides is 2. The first-order chi connectivity index (χ1) is 17.1. The van der Waals surface area contributed by atoms with E-state index in [0.29, 0.717) is 48.8 Å². The topological polar surface area (TPSA) is 112 Å². The van der Waals surface area contributed by atoms with Crippen LogP contribution in [0.5, 0.6) is 0 Å². The average Bonchev–Trinajstić information content (AvgIpc) is 3.29. The SMILES string of the molecule is CC(C)[C@@H](Nc1cncc(-c2c[nH]c3ncc(C(=O)N4CCOCC4)cc23)c1)C(=O)NCC(F)(F)F. The van der Waals surface area contributed by atoms with Crippen LogP contribution in [-0.4, -0.2) is 76.7 Å². The zero-order valence-corrected chi connectivity index (χ0v) is 19.9. The summed E-state index contributed by atoms with van der Waals surface area (Å²) in [6, 6.07) is 2.62. The fraction of sp³-hybridized carbons (Fsp3) is 0.417. The molecular formula is C24H27F3N6O3. The van der Waals surface area contributed by atoms with Crippen LogP contribution in [0, 0.1) is 5.92 Å². The molecule has 2 amide bonds. The van der Waals surface area contributed by atoms with Gasteiger partial charge < -0.3 is 25.3 Å². The van der Waals surface area contributed by atoms with Crippen molar-refractivity contribution in [1.29, 1.82) is 0 Å². The number of alkyl halides is 3. The number of H-pyrrole nitrogens is 1. The first-order valence-corrected chi connectivity index (χ1v) is 11.5. The third kappa shape index (κ3) is 5.93. The fourth-order valence-electron chi connectivity index (χ4n) is 3.99. The Morgan fingerprint density at radius 3 is 2.61 bits per heavy atom. The number of fused-ring (bicyclic) bond motifs is 1. The molecule has 1 fully saturated rings. The largest absolute Gasteiger partial charge is 0.405 e. The third-order valence-electron chi connectivity index (χ3n) is 5.86. The van der Waals surface area contributed by atoms with Crippen molar-refractivity contribution in [3.05, 3.63) is 42.5 Å². The quantitative estimate of drug-likeness (QED) is 0.456. The van der Waals surface area contributed by atoms with E-state index < -0.39 is 24.7 Å². The summed E-state index contributed by atoms with van der Waals surface area (Å²) in [5, 5.41) is 5.65. The highest BCUT2D eigenvalue weighted by molar-refractivity contribution is 6.01. The van der Waals surface area contributed by atoms with Crippen molar-refractivity contribution >= 4 is 28.5 Å². The van der Waals surface area contributed by atoms with E-state index in [1.165, 1.54) is 12.4 Å². The molecule has 0 bridgehead atoms. The Balaban J connectivity index is 1.57. The monoisotopic (exact) mass is 504 g/mol. The van der Waals surface area contributed by atoms with Crippen LogP contribution >= 0.6 is 0 Å². The van der Waals surface area contributed by atoms with E-state index in [1.54, 1.807) is 43.3 Å². The Hall–Kier alpha value is -3.67. The lowest BCUT2D eigenvalue weighted by Gasteiger charge is -2.26. The van der Waals surface area contributed by atoms with Crippen LogP contribution in [-0.2, 0) is 9.53 Å². The maximum absolute atomic E-state index is 12.9. The number of rotatable bonds is 7. The number of ether oxygens (including phenoxy) is 1. The van der Waals surface area contributed by atoms with E-state index >= 15 is 0 Å². The number of nitrogens with zero attached hydrogens (tertiary/aromatic N) is 3. The van der Waals surface area contributed by atoms with Gasteiger partial charge in [-0.3, -0.25) is 14.6 Å². The maximum atomic E-state index is 12.9. The second kappa shape index (κ2) is 10.5. The Morgan fingerprint density at radius 1 is 1.17 bits per heavy atom. The van der Waals surface area contributed by atoms with Crippen molar-refractivity contribution in [2.24, 2.45) is 5.92 Å². The minimum absolute atomic E-state index is 0.127. The highest BCUT2D eigenvalue weighted by atomic mass is 19.4. The van der Waals surface area contributed by atoms with Crippen molar-refractivity contribution in [3.8, 4) is 11.1 Å². The number of aromatic nitrogens is 3. The number of anilines is 1. The van der Waals surface area contributed by atoms with Gasteiger partial charge in [0.05, 0.1) is 24.5 Å². The normalized spacial score (nSPS) is 15.2. The van der Waals surface area contributed by atoms with Gasteiger partial charge in [-0.05, 0) is 18.1 Å². The van der Waals surface area contributed by atoms with E-state index in [4.69, 9.17) is 4.74 Å². The first-order valence-electron chi connectivity index (χ1n) is 11.5. The van der Waals surface area contributed by atoms with Gasteiger partial charge in [0.1, 0.15) is 18.2 Å². The van der Waals surface area contributed by atoms with Crippen LogP contribution in [0.1, 0.15) is 24.2 Å². The minimum atomic E-state index is -4.50. The Morgan fingerprint density at radius 2 is 1.92 bits per heavy atom. The van der Waals surface area contributed by atoms with Crippen LogP contribution in [0.15, 0.2) is 36.9 Å². The number of pyridine rings is 2. The van der Waals surface area contributed by atoms with Gasteiger partial charge >= 0.3 is 6.18 Å². The molecule has 9 nitrogen and oxygen atoms in total. The van der Waals surface area contributed by atoms with Crippen molar-refractivity contribution in [2.45, 2.75) is 26.1 Å². The third-order valence-corrected chi connectivity index (χ3v) is 5.86. The molecule has 3 N–H and O–H groups in total. The molecule has 4 heterocycles. The molecule has 0 aromatic carbocycles. The Labute approximate surface area is 205 Å². The van der Waals surface area contributed by atoms with Gasteiger partial charge in [-0.15, -0.1) is 0 Å². The van der Waals surface area contributed by atoms with Gasteiger partial charge in [0.2, 0.25) is 5.91 Å². The van der Waals surface area contributed by atoms with Crippen molar-refractivity contribution < 1.29 is 27.5 Å². The minimum Gasteiger partial charge on any atom is -0.378 e. The van der Waals surface area contributed by atoms with Crippen molar-refractivity contribution in [2.75, 3.05) is 38.2 Å². The van der Waals surface area contributed by atoms with Crippen LogP contribution in [0.4, 0.5) is 18.9 Å². The van der Waals surface area contributed by atoms with Crippen LogP contribution < -0.4 is 10.6 Å². The molecule has 36 heavy (non-hydrogen) atoms. The number of aromatic amines is 1. The summed E-state index contributed by atoms with van der Waals surface area (Å²) >= 11 is 0. The molecule has 12 heteroatoms. The molecule has 0 aliphatic carbocycles. The van der Waals surface area contributed by atoms with Crippen LogP contribution in [0.2, 0.25) is 0 Å². The van der Waals surface area contributed by atoms with Gasteiger partial charge in [0.25, 0.3) is 5.91 Å². The summed E-state index contributed by atoms with van der Waals surface area (Å²) in [4.78, 5) is 38.8. The first kappa shape index (κ1) is 25.4. The summed E-state index contributed by atoms with van der Waals surface area (Å²) in [5.41, 5.74) is 2.94. The summed E-state index contributed by atoms with van der Waals surface area (Å²) in [6.07, 6.45) is 1.90. The second-order valence-corrected chi connectivity index (χ2v) is 8.89. The number of halogens is 3. The molecule has 192 valence electrons. The molecule has 0 unspecified atom stereocenters. The van der Waals surface area contributed by atoms with E-state index in [0.717, 1.165) is 10.9 Å². The lowest BCUT2D eigenvalue weighted by atomic mass is 10.0. The molecule has 1 aliphatic heterocycles. The molecule has 0 radical (unpaired) electrons. The summed E-state index contributed by atoms with van der Waals surface area (Å²) in [5.74, 6) is -1.17. The standard InChI is InChI=1S/C24H27F3N6O3/c1-14(2)20(22(34)31-13-24(25,26)27)32-17-7-15(9-28-11-17)19-12-30-21-18(19)8-16(10-29-21)23(35)33-3-5-36-6-4-33/h7-12,14,20,32H,3-6,13H2,1-2H3,(H,29,30)(H,31,34)/t20-/m1/s1. The van der Waals surface area contributed by atoms with E-state index in [9.17, 15) is 22.8 Å². The zero-order valence-electron chi connectivity index (χ0n) is 19.9. The lowest BCUT2D eigenvalue weighted by molar-refractivity contribution is -0.139. The van der Waals surface area contributed by atoms with E-state index in [2.05, 4.69) is 20.3 Å². The van der Waals surface area contributed by atoms with Gasteiger partial charge in [0.15, 0.2) is 0 Å². The Kier molecular flexibility index (Phi) is 7.43. The van der Waals surface area contributed by atoms with Crippen LogP contribution in [0.25, 0.3) is 22.2 Å². The maximum Gasteiger partial charge on any atom is 0.405 e. The molecule has 3 aromatic heterocycles. The molecule has 1 atom stereocenters. The van der Waals surface area contributed by atoms with Crippen LogP contribution in [0.3, 0.4) is 0 Å². The van der Waals surface area contributed by atoms with Gasteiger partial charge in [-0.2, -0.15) is 13.2 Å². The molecule has 4 rings (SSSR count). The number of carbonyl (C=O) groups is 2. The lowest BCUT2D eigenvalue weighted by Crippen LogP contribution is -2.46. The average molecular weight is 505 g/mol. The number of carbonyl (C=O) groups excluding carboxylic acids is 2. The van der Waals surface area contributed by atoms with Gasteiger partial charge in [-0.1, -0.05) is 13.8 Å². The smallest absolute Gasteiger partial charge is 0.378 e. The molecular weight excluding hydrogens is 477 g/mol. The zero-order chi connectivity index (χ0) is 25.9. The highest BCUT2D eigenvalue weighted by Crippen LogP contribution is 2.30. The van der Waals surface area contributed by atoms with Gasteiger partial charge in [-0.25, -0.2) is 4.98 Å². The number of hydrogen-bond acceptors (Lipinski definition) is 6. The van der Waals surface area contributed by atoms with E-state index in [1.807, 2.05) is 5.32 Å². The Bertz CT molecular complexity index is 1240. The molecule has 3 aromatic rings. The molecule has 0 spiro atoms. The predicted molar refractivity (Wildman–Crippen MR) is 127 cm³/mol. The second-order valence-electron chi connectivity index (χ2n) is 8.89. The number of nitrogens with one attached hydrogen (secondary N) is 3. The predicted octanol–water partition coefficient (Wildman–Crippen LogP) is 3.21. The number of hydrogen-bond donors (Lipinski definition) is 3. The highest BCUT2D eigenvalue weighted by Gasteiger charge is 2.30. The van der Waals surface area contributed by atoms with Gasteiger partial charge in [0, 0.05) is 54.4 Å². The summed E-state index contributed by atoms with van der Waals surface area (Å²) < 4.78 is 43.0. The summed E-state index contributed by atoms with van der Waals surface area (Å²) in [7, 11) is 0. The molecule has 1 aliphatic rings. The molecule has 1 saturated heterocycles. The fourth-order valence-corrected chi connectivity index (χ4v) is 3.99. The number of morpholine rings is 1. The molecule has 0 saturated carbocycles.